The van der Waals surface area contributed by atoms with Gasteiger partial charge in [0.25, 0.3) is 0 Å². The maximum atomic E-state index is 14.9. The molecular formula is C24H23F5. The van der Waals surface area contributed by atoms with E-state index in [4.69, 9.17) is 0 Å². The molecule has 0 aromatic heterocycles. The molecule has 0 nitrogen and oxygen atoms in total. The van der Waals surface area contributed by atoms with Crippen LogP contribution >= 0.6 is 0 Å². The van der Waals surface area contributed by atoms with Crippen LogP contribution in [-0.2, 0) is 6.42 Å². The molecule has 0 N–H and O–H groups in total. The lowest BCUT2D eigenvalue weighted by Gasteiger charge is -2.28. The number of hydrogen-bond donors (Lipinski definition) is 0. The van der Waals surface area contributed by atoms with Crippen molar-refractivity contribution < 1.29 is 22.0 Å². The van der Waals surface area contributed by atoms with Gasteiger partial charge >= 0.3 is 0 Å². The van der Waals surface area contributed by atoms with E-state index < -0.39 is 29.1 Å². The number of rotatable bonds is 3. The Kier molecular flexibility index (Phi) is 5.50. The van der Waals surface area contributed by atoms with E-state index >= 15 is 0 Å². The fraction of sp³-hybridized carbons (Fsp3) is 0.417. The van der Waals surface area contributed by atoms with Gasteiger partial charge in [-0.05, 0) is 90.8 Å². The first-order valence-corrected chi connectivity index (χ1v) is 10.2. The molecule has 5 heteroatoms. The van der Waals surface area contributed by atoms with Crippen molar-refractivity contribution >= 4 is 11.6 Å². The summed E-state index contributed by atoms with van der Waals surface area (Å²) in [4.78, 5) is 0. The minimum absolute atomic E-state index is 0.0396. The highest BCUT2D eigenvalue weighted by Gasteiger charge is 2.26. The highest BCUT2D eigenvalue weighted by atomic mass is 19.2. The number of halogens is 5. The Labute approximate surface area is 167 Å². The maximum Gasteiger partial charge on any atom is 0.194 e. The van der Waals surface area contributed by atoms with Crippen LogP contribution in [0.3, 0.4) is 0 Å². The van der Waals surface area contributed by atoms with Gasteiger partial charge in [-0.15, -0.1) is 0 Å². The largest absolute Gasteiger partial charge is 0.206 e. The molecule has 0 spiro atoms. The molecular weight excluding hydrogens is 383 g/mol. The Morgan fingerprint density at radius 3 is 2.07 bits per heavy atom. The molecule has 1 saturated carbocycles. The Morgan fingerprint density at radius 2 is 1.45 bits per heavy atom. The molecule has 0 aliphatic heterocycles. The van der Waals surface area contributed by atoms with Gasteiger partial charge in [-0.3, -0.25) is 0 Å². The number of benzene rings is 2. The zero-order chi connectivity index (χ0) is 20.7. The molecule has 154 valence electrons. The lowest BCUT2D eigenvalue weighted by Crippen LogP contribution is -2.13. The first-order valence-electron chi connectivity index (χ1n) is 10.2. The zero-order valence-electron chi connectivity index (χ0n) is 16.3. The normalized spacial score (nSPS) is 21.7. The lowest BCUT2D eigenvalue weighted by atomic mass is 9.77. The van der Waals surface area contributed by atoms with Crippen LogP contribution in [0.4, 0.5) is 22.0 Å². The van der Waals surface area contributed by atoms with Crippen molar-refractivity contribution in [3.05, 3.63) is 69.5 Å². The molecule has 0 atom stereocenters. The summed E-state index contributed by atoms with van der Waals surface area (Å²) < 4.78 is 70.8. The van der Waals surface area contributed by atoms with Crippen LogP contribution < -0.4 is 0 Å². The first kappa shape index (κ1) is 20.1. The van der Waals surface area contributed by atoms with Gasteiger partial charge in [0.15, 0.2) is 17.5 Å². The van der Waals surface area contributed by atoms with Crippen molar-refractivity contribution in [3.63, 3.8) is 0 Å². The SMILES string of the molecule is CCC1CCC(c2cc(F)c(C3=Cc4cc(F)c(F)c(F)c4CC3)c(F)c2)CC1. The van der Waals surface area contributed by atoms with Gasteiger partial charge in [0.05, 0.1) is 0 Å². The number of hydrogen-bond acceptors (Lipinski definition) is 0. The third-order valence-electron chi connectivity index (χ3n) is 6.55. The molecule has 2 aliphatic rings. The monoisotopic (exact) mass is 406 g/mol. The van der Waals surface area contributed by atoms with Gasteiger partial charge < -0.3 is 0 Å². The summed E-state index contributed by atoms with van der Waals surface area (Å²) in [5, 5.41) is 0. The predicted molar refractivity (Wildman–Crippen MR) is 104 cm³/mol. The van der Waals surface area contributed by atoms with Gasteiger partial charge in [0.2, 0.25) is 0 Å². The van der Waals surface area contributed by atoms with Crippen molar-refractivity contribution in [2.24, 2.45) is 5.92 Å². The van der Waals surface area contributed by atoms with Gasteiger partial charge in [0.1, 0.15) is 11.6 Å². The molecule has 0 saturated heterocycles. The second kappa shape index (κ2) is 7.92. The summed E-state index contributed by atoms with van der Waals surface area (Å²) in [5.74, 6) is -4.51. The minimum atomic E-state index is -1.51. The minimum Gasteiger partial charge on any atom is -0.206 e. The third kappa shape index (κ3) is 3.72. The van der Waals surface area contributed by atoms with E-state index in [1.807, 2.05) is 0 Å². The molecule has 2 aromatic rings. The van der Waals surface area contributed by atoms with Crippen LogP contribution in [-0.4, -0.2) is 0 Å². The smallest absolute Gasteiger partial charge is 0.194 e. The summed E-state index contributed by atoms with van der Waals surface area (Å²) >= 11 is 0. The summed E-state index contributed by atoms with van der Waals surface area (Å²) in [6, 6.07) is 3.68. The molecule has 1 fully saturated rings. The Hall–Kier alpha value is -2.17. The van der Waals surface area contributed by atoms with Crippen LogP contribution in [0.1, 0.15) is 73.6 Å². The summed E-state index contributed by atoms with van der Waals surface area (Å²) in [6.07, 6.45) is 6.71. The van der Waals surface area contributed by atoms with E-state index in [9.17, 15) is 22.0 Å². The topological polar surface area (TPSA) is 0 Å². The fourth-order valence-corrected chi connectivity index (χ4v) is 4.79. The first-order chi connectivity index (χ1) is 13.9. The average molecular weight is 406 g/mol. The highest BCUT2D eigenvalue weighted by Crippen LogP contribution is 2.40. The van der Waals surface area contributed by atoms with Crippen molar-refractivity contribution in [3.8, 4) is 0 Å². The van der Waals surface area contributed by atoms with E-state index in [1.54, 1.807) is 0 Å². The molecule has 0 unspecified atom stereocenters. The van der Waals surface area contributed by atoms with E-state index in [0.717, 1.165) is 38.2 Å². The Bertz CT molecular complexity index is 945. The molecule has 2 aromatic carbocycles. The van der Waals surface area contributed by atoms with Gasteiger partial charge in [-0.2, -0.15) is 0 Å². The summed E-state index contributed by atoms with van der Waals surface area (Å²) in [7, 11) is 0. The molecule has 0 amide bonds. The van der Waals surface area contributed by atoms with E-state index in [1.165, 1.54) is 18.2 Å². The van der Waals surface area contributed by atoms with Crippen molar-refractivity contribution in [2.45, 2.75) is 57.8 Å². The highest BCUT2D eigenvalue weighted by molar-refractivity contribution is 5.85. The molecule has 4 rings (SSSR count). The maximum absolute atomic E-state index is 14.9. The van der Waals surface area contributed by atoms with Crippen molar-refractivity contribution in [2.75, 3.05) is 0 Å². The molecule has 29 heavy (non-hydrogen) atoms. The average Bonchev–Trinajstić information content (AvgIpc) is 2.71. The molecule has 0 bridgehead atoms. The fourth-order valence-electron chi connectivity index (χ4n) is 4.79. The van der Waals surface area contributed by atoms with Crippen LogP contribution in [0.5, 0.6) is 0 Å². The van der Waals surface area contributed by atoms with E-state index in [-0.39, 0.29) is 35.4 Å². The molecule has 0 radical (unpaired) electrons. The lowest BCUT2D eigenvalue weighted by molar-refractivity contribution is 0.318. The van der Waals surface area contributed by atoms with E-state index in [0.29, 0.717) is 17.1 Å². The van der Waals surface area contributed by atoms with Crippen LogP contribution in [0.2, 0.25) is 0 Å². The summed E-state index contributed by atoms with van der Waals surface area (Å²) in [5.41, 5.74) is 1.02. The standard InChI is InChI=1S/C24H23F5/c1-2-13-3-5-14(6-4-13)16-10-19(25)22(20(26)11-16)15-7-8-18-17(9-15)12-21(27)24(29)23(18)28/h9-14H,2-8H2,1H3. The zero-order valence-corrected chi connectivity index (χ0v) is 16.3. The van der Waals surface area contributed by atoms with Crippen LogP contribution in [0, 0.1) is 35.0 Å². The van der Waals surface area contributed by atoms with Crippen molar-refractivity contribution in [1.82, 2.24) is 0 Å². The van der Waals surface area contributed by atoms with E-state index in [2.05, 4.69) is 6.92 Å². The van der Waals surface area contributed by atoms with Gasteiger partial charge in [-0.1, -0.05) is 19.4 Å². The Morgan fingerprint density at radius 1 is 0.793 bits per heavy atom. The van der Waals surface area contributed by atoms with Crippen molar-refractivity contribution in [1.29, 1.82) is 0 Å². The molecule has 2 aliphatic carbocycles. The predicted octanol–water partition coefficient (Wildman–Crippen LogP) is 7.55. The second-order valence-corrected chi connectivity index (χ2v) is 8.21. The second-order valence-electron chi connectivity index (χ2n) is 8.21. The summed E-state index contributed by atoms with van der Waals surface area (Å²) in [6.45, 7) is 2.17. The third-order valence-corrected chi connectivity index (χ3v) is 6.55. The quantitative estimate of drug-likeness (QED) is 0.365. The Balaban J connectivity index is 1.66. The van der Waals surface area contributed by atoms with Gasteiger partial charge in [0, 0.05) is 5.56 Å². The molecule has 0 heterocycles. The van der Waals surface area contributed by atoms with Crippen LogP contribution in [0.25, 0.3) is 11.6 Å². The number of fused-ring (bicyclic) bond motifs is 1. The number of allylic oxidation sites excluding steroid dienone is 1. The van der Waals surface area contributed by atoms with Gasteiger partial charge in [-0.25, -0.2) is 22.0 Å². The van der Waals surface area contributed by atoms with Crippen LogP contribution in [0.15, 0.2) is 18.2 Å².